The molecule has 1 N–H and O–H groups in total. The molecule has 2 aromatic carbocycles. The Labute approximate surface area is 272 Å². The maximum atomic E-state index is 12.1. The first-order valence-electron chi connectivity index (χ1n) is 15.7. The molecule has 3 rings (SSSR count). The molecule has 0 bridgehead atoms. The van der Waals surface area contributed by atoms with E-state index in [0.717, 1.165) is 28.5 Å². The van der Waals surface area contributed by atoms with Crippen molar-refractivity contribution in [2.75, 3.05) is 70.0 Å². The molecule has 0 radical (unpaired) electrons. The van der Waals surface area contributed by atoms with Crippen molar-refractivity contribution >= 4 is 23.6 Å². The van der Waals surface area contributed by atoms with Gasteiger partial charge in [0.25, 0.3) is 0 Å². The van der Waals surface area contributed by atoms with Gasteiger partial charge < -0.3 is 38.6 Å². The number of nitrogens with zero attached hydrogens (tertiary/aromatic N) is 3. The Balaban J connectivity index is 1.43. The number of esters is 1. The number of anilines is 2. The van der Waals surface area contributed by atoms with Gasteiger partial charge in [-0.1, -0.05) is 30.3 Å². The number of rotatable bonds is 21. The molecule has 11 nitrogen and oxygen atoms in total. The molecule has 2 atom stereocenters. The number of aromatic nitrogens is 1. The van der Waals surface area contributed by atoms with Crippen molar-refractivity contribution in [2.45, 2.75) is 45.8 Å². The van der Waals surface area contributed by atoms with Gasteiger partial charge in [-0.2, -0.15) is 0 Å². The first kappa shape index (κ1) is 36.1. The number of carbonyl (C=O) groups excluding carboxylic acids is 1. The fraction of sp³-hybridized carbons (Fsp3) is 0.457. The molecule has 0 aliphatic heterocycles. The summed E-state index contributed by atoms with van der Waals surface area (Å²) in [7, 11) is 3.94. The second-order valence-corrected chi connectivity index (χ2v) is 10.6. The van der Waals surface area contributed by atoms with Gasteiger partial charge in [-0.15, -0.1) is 0 Å². The van der Waals surface area contributed by atoms with Gasteiger partial charge in [0, 0.05) is 40.2 Å². The van der Waals surface area contributed by atoms with Crippen LogP contribution in [0.1, 0.15) is 31.9 Å². The molecule has 0 saturated heterocycles. The number of aliphatic carboxylic acids is 1. The van der Waals surface area contributed by atoms with Gasteiger partial charge in [-0.3, -0.25) is 0 Å². The number of benzene rings is 2. The Morgan fingerprint density at radius 2 is 1.15 bits per heavy atom. The monoisotopic (exact) mass is 637 g/mol. The van der Waals surface area contributed by atoms with Crippen LogP contribution in [0, 0.1) is 0 Å². The molecule has 250 valence electrons. The molecule has 2 unspecified atom stereocenters. The summed E-state index contributed by atoms with van der Waals surface area (Å²) in [4.78, 5) is 32.4. The predicted molar refractivity (Wildman–Crippen MR) is 177 cm³/mol. The molecule has 0 amide bonds. The Bertz CT molecular complexity index is 1340. The highest BCUT2D eigenvalue weighted by atomic mass is 16.6. The number of likely N-dealkylation sites (N-methyl/N-ethyl adjacent to an activating group) is 2. The van der Waals surface area contributed by atoms with Crippen molar-refractivity contribution in [1.82, 2.24) is 4.98 Å². The third-order valence-electron chi connectivity index (χ3n) is 7.14. The van der Waals surface area contributed by atoms with Crippen molar-refractivity contribution < 1.29 is 38.4 Å². The van der Waals surface area contributed by atoms with Gasteiger partial charge >= 0.3 is 11.9 Å². The summed E-state index contributed by atoms with van der Waals surface area (Å²) in [6.07, 6.45) is -0.733. The number of hydrogen-bond donors (Lipinski definition) is 1. The van der Waals surface area contributed by atoms with Crippen LogP contribution in [0.25, 0.3) is 0 Å². The number of hydrogen-bond acceptors (Lipinski definition) is 10. The highest BCUT2D eigenvalue weighted by Crippen LogP contribution is 2.19. The molecule has 1 aromatic heterocycles. The maximum Gasteiger partial charge on any atom is 0.335 e. The van der Waals surface area contributed by atoms with E-state index in [-0.39, 0.29) is 5.97 Å². The summed E-state index contributed by atoms with van der Waals surface area (Å²) in [6.45, 7) is 8.71. The minimum atomic E-state index is -0.966. The number of carboxylic acid groups (broad SMARTS) is 1. The van der Waals surface area contributed by atoms with Crippen LogP contribution >= 0.6 is 0 Å². The van der Waals surface area contributed by atoms with E-state index in [1.54, 1.807) is 13.8 Å². The van der Waals surface area contributed by atoms with E-state index in [1.807, 2.05) is 97.5 Å². The summed E-state index contributed by atoms with van der Waals surface area (Å²) in [5.41, 5.74) is 1.84. The minimum absolute atomic E-state index is 0.303. The van der Waals surface area contributed by atoms with Crippen LogP contribution in [0.2, 0.25) is 0 Å². The molecular weight excluding hydrogens is 590 g/mol. The molecule has 11 heteroatoms. The smallest absolute Gasteiger partial charge is 0.335 e. The zero-order valence-corrected chi connectivity index (χ0v) is 27.5. The molecule has 0 aliphatic carbocycles. The van der Waals surface area contributed by atoms with Gasteiger partial charge in [0.05, 0.1) is 19.7 Å². The van der Waals surface area contributed by atoms with E-state index >= 15 is 0 Å². The summed E-state index contributed by atoms with van der Waals surface area (Å²) in [5, 5.41) is 9.29. The Morgan fingerprint density at radius 3 is 1.59 bits per heavy atom. The van der Waals surface area contributed by atoms with Gasteiger partial charge in [0.1, 0.15) is 36.3 Å². The molecule has 46 heavy (non-hydrogen) atoms. The lowest BCUT2D eigenvalue weighted by molar-refractivity contribution is -0.156. The minimum Gasteiger partial charge on any atom is -0.492 e. The molecular formula is C35H47N3O8. The highest BCUT2D eigenvalue weighted by Gasteiger charge is 2.21. The average molecular weight is 638 g/mol. The van der Waals surface area contributed by atoms with Crippen LogP contribution in [-0.2, 0) is 36.6 Å². The maximum absolute atomic E-state index is 12.1. The van der Waals surface area contributed by atoms with Crippen molar-refractivity contribution in [3.05, 3.63) is 77.9 Å². The topological polar surface area (TPSA) is 120 Å². The first-order valence-corrected chi connectivity index (χ1v) is 15.7. The zero-order chi connectivity index (χ0) is 33.3. The van der Waals surface area contributed by atoms with Crippen molar-refractivity contribution in [3.8, 4) is 11.5 Å². The summed E-state index contributed by atoms with van der Waals surface area (Å²) >= 11 is 0. The molecule has 0 saturated carbocycles. The van der Waals surface area contributed by atoms with Crippen LogP contribution in [0.3, 0.4) is 0 Å². The molecule has 1 heterocycles. The van der Waals surface area contributed by atoms with Crippen LogP contribution in [0.15, 0.2) is 66.7 Å². The van der Waals surface area contributed by atoms with Gasteiger partial charge in [-0.25, -0.2) is 14.6 Å². The summed E-state index contributed by atoms with van der Waals surface area (Å²) in [6, 6.07) is 21.0. The van der Waals surface area contributed by atoms with Crippen LogP contribution < -0.4 is 19.3 Å². The standard InChI is InChI=1S/C35H47N3O8/c1-6-42-30(34(39)40)24-26-12-16-28(17-13-26)45-22-20-37(4)32-10-9-11-33(36-32)38(5)21-23-46-29-18-14-27(15-19-29)25-31(43-7-2)35(41)44-8-3/h9-19,30-31H,6-8,20-25H2,1-5H3,(H,39,40). The fourth-order valence-corrected chi connectivity index (χ4v) is 4.60. The van der Waals surface area contributed by atoms with E-state index in [4.69, 9.17) is 28.7 Å². The predicted octanol–water partition coefficient (Wildman–Crippen LogP) is 4.65. The Hall–Kier alpha value is -4.35. The zero-order valence-electron chi connectivity index (χ0n) is 27.5. The highest BCUT2D eigenvalue weighted by molar-refractivity contribution is 5.75. The summed E-state index contributed by atoms with van der Waals surface area (Å²) < 4.78 is 27.9. The van der Waals surface area contributed by atoms with Gasteiger partial charge in [-0.05, 0) is 68.3 Å². The van der Waals surface area contributed by atoms with Crippen LogP contribution in [0.4, 0.5) is 11.6 Å². The van der Waals surface area contributed by atoms with E-state index in [0.29, 0.717) is 64.7 Å². The molecule has 0 fully saturated rings. The fourth-order valence-electron chi connectivity index (χ4n) is 4.60. The lowest BCUT2D eigenvalue weighted by Crippen LogP contribution is -2.29. The van der Waals surface area contributed by atoms with E-state index < -0.39 is 18.2 Å². The quantitative estimate of drug-likeness (QED) is 0.164. The third-order valence-corrected chi connectivity index (χ3v) is 7.14. The van der Waals surface area contributed by atoms with Gasteiger partial charge in [0.2, 0.25) is 0 Å². The van der Waals surface area contributed by atoms with Crippen molar-refractivity contribution in [1.29, 1.82) is 0 Å². The number of ether oxygens (including phenoxy) is 5. The van der Waals surface area contributed by atoms with E-state index in [2.05, 4.69) is 0 Å². The SMILES string of the molecule is CCOC(=O)C(Cc1ccc(OCCN(C)c2cccc(N(C)CCOc3ccc(CC(OCC)C(=O)O)cc3)n2)cc1)OCC. The van der Waals surface area contributed by atoms with E-state index in [1.165, 1.54) is 0 Å². The molecule has 0 aliphatic rings. The molecule has 3 aromatic rings. The Kier molecular flexibility index (Phi) is 15.1. The van der Waals surface area contributed by atoms with E-state index in [9.17, 15) is 14.7 Å². The molecule has 0 spiro atoms. The van der Waals surface area contributed by atoms with Crippen LogP contribution in [-0.4, -0.2) is 94.5 Å². The second kappa shape index (κ2) is 19.2. The normalized spacial score (nSPS) is 12.2. The second-order valence-electron chi connectivity index (χ2n) is 10.6. The lowest BCUT2D eigenvalue weighted by atomic mass is 10.1. The largest absolute Gasteiger partial charge is 0.492 e. The van der Waals surface area contributed by atoms with Crippen molar-refractivity contribution in [3.63, 3.8) is 0 Å². The lowest BCUT2D eigenvalue weighted by Gasteiger charge is -2.22. The number of carbonyl (C=O) groups is 2. The number of pyridine rings is 1. The van der Waals surface area contributed by atoms with Gasteiger partial charge in [0.15, 0.2) is 12.2 Å². The van der Waals surface area contributed by atoms with Crippen molar-refractivity contribution in [2.24, 2.45) is 0 Å². The number of carboxylic acids is 1. The average Bonchev–Trinajstić information content (AvgIpc) is 3.06. The first-order chi connectivity index (χ1) is 22.2. The summed E-state index contributed by atoms with van der Waals surface area (Å²) in [5.74, 6) is 1.79. The Morgan fingerprint density at radius 1 is 0.696 bits per heavy atom. The van der Waals surface area contributed by atoms with Crippen LogP contribution in [0.5, 0.6) is 11.5 Å². The third kappa shape index (κ3) is 11.9.